The summed E-state index contributed by atoms with van der Waals surface area (Å²) < 4.78 is 5.17. The van der Waals surface area contributed by atoms with Crippen LogP contribution in [0.3, 0.4) is 0 Å². The van der Waals surface area contributed by atoms with Gasteiger partial charge in [-0.1, -0.05) is 32.0 Å². The van der Waals surface area contributed by atoms with Gasteiger partial charge in [-0.25, -0.2) is 0 Å². The number of hydrogen-bond acceptors (Lipinski definition) is 3. The van der Waals surface area contributed by atoms with Crippen molar-refractivity contribution in [2.45, 2.75) is 20.3 Å². The maximum Gasteiger partial charge on any atom is 0.308 e. The Labute approximate surface area is 107 Å². The maximum absolute atomic E-state index is 11.3. The summed E-state index contributed by atoms with van der Waals surface area (Å²) in [6, 6.07) is 8.19. The first-order chi connectivity index (χ1) is 8.66. The molecule has 3 nitrogen and oxygen atoms in total. The standard InChI is InChI=1S/C15H17NO2/c1-11(2)15(17)18-8-6-12-3-4-14-10-16-7-5-13(14)9-12/h3-5,7,9-11H,6,8H2,1-2H3. The lowest BCUT2D eigenvalue weighted by molar-refractivity contribution is -0.147. The number of aromatic nitrogens is 1. The van der Waals surface area contributed by atoms with E-state index in [1.165, 1.54) is 5.56 Å². The maximum atomic E-state index is 11.3. The van der Waals surface area contributed by atoms with E-state index in [2.05, 4.69) is 11.1 Å². The van der Waals surface area contributed by atoms with Crippen molar-refractivity contribution in [2.24, 2.45) is 5.92 Å². The summed E-state index contributed by atoms with van der Waals surface area (Å²) in [6.07, 6.45) is 4.37. The Bertz CT molecular complexity index is 549. The predicted molar refractivity (Wildman–Crippen MR) is 71.2 cm³/mol. The molecule has 0 saturated heterocycles. The molecule has 0 aliphatic carbocycles. The van der Waals surface area contributed by atoms with E-state index in [1.807, 2.05) is 38.2 Å². The molecule has 0 bridgehead atoms. The highest BCUT2D eigenvalue weighted by Crippen LogP contribution is 2.14. The highest BCUT2D eigenvalue weighted by Gasteiger charge is 2.07. The van der Waals surface area contributed by atoms with Gasteiger partial charge >= 0.3 is 5.97 Å². The lowest BCUT2D eigenvalue weighted by atomic mass is 10.1. The van der Waals surface area contributed by atoms with Crippen molar-refractivity contribution in [1.82, 2.24) is 4.98 Å². The van der Waals surface area contributed by atoms with Crippen LogP contribution in [-0.4, -0.2) is 17.6 Å². The van der Waals surface area contributed by atoms with E-state index < -0.39 is 0 Å². The lowest BCUT2D eigenvalue weighted by Crippen LogP contribution is -2.13. The first-order valence-electron chi connectivity index (χ1n) is 6.16. The SMILES string of the molecule is CC(C)C(=O)OCCc1ccc2cnccc2c1. The second kappa shape index (κ2) is 5.63. The summed E-state index contributed by atoms with van der Waals surface area (Å²) in [4.78, 5) is 15.4. The Morgan fingerprint density at radius 1 is 1.28 bits per heavy atom. The van der Waals surface area contributed by atoms with Gasteiger partial charge in [0.2, 0.25) is 0 Å². The Morgan fingerprint density at radius 3 is 2.89 bits per heavy atom. The van der Waals surface area contributed by atoms with Crippen LogP contribution in [0.15, 0.2) is 36.7 Å². The molecule has 0 saturated carbocycles. The van der Waals surface area contributed by atoms with Gasteiger partial charge in [0.05, 0.1) is 12.5 Å². The van der Waals surface area contributed by atoms with Gasteiger partial charge in [0.25, 0.3) is 0 Å². The van der Waals surface area contributed by atoms with Crippen molar-refractivity contribution in [3.8, 4) is 0 Å². The summed E-state index contributed by atoms with van der Waals surface area (Å²) in [6.45, 7) is 4.12. The molecular formula is C15H17NO2. The monoisotopic (exact) mass is 243 g/mol. The highest BCUT2D eigenvalue weighted by atomic mass is 16.5. The molecule has 3 heteroatoms. The molecule has 0 aliphatic heterocycles. The molecule has 0 aliphatic rings. The van der Waals surface area contributed by atoms with Gasteiger partial charge < -0.3 is 4.74 Å². The van der Waals surface area contributed by atoms with Crippen molar-refractivity contribution < 1.29 is 9.53 Å². The molecule has 18 heavy (non-hydrogen) atoms. The van der Waals surface area contributed by atoms with Gasteiger partial charge in [0.1, 0.15) is 0 Å². The fourth-order valence-corrected chi connectivity index (χ4v) is 1.72. The number of carbonyl (C=O) groups excluding carboxylic acids is 1. The van der Waals surface area contributed by atoms with Crippen LogP contribution in [0.2, 0.25) is 0 Å². The van der Waals surface area contributed by atoms with Crippen LogP contribution >= 0.6 is 0 Å². The van der Waals surface area contributed by atoms with Crippen LogP contribution in [0.1, 0.15) is 19.4 Å². The van der Waals surface area contributed by atoms with E-state index in [-0.39, 0.29) is 11.9 Å². The van der Waals surface area contributed by atoms with Gasteiger partial charge in [-0.05, 0) is 17.0 Å². The normalized spacial score (nSPS) is 10.8. The minimum Gasteiger partial charge on any atom is -0.465 e. The Hall–Kier alpha value is -1.90. The van der Waals surface area contributed by atoms with Crippen molar-refractivity contribution in [3.63, 3.8) is 0 Å². The third-order valence-electron chi connectivity index (χ3n) is 2.81. The molecule has 2 rings (SSSR count). The highest BCUT2D eigenvalue weighted by molar-refractivity contribution is 5.82. The molecule has 0 radical (unpaired) electrons. The summed E-state index contributed by atoms with van der Waals surface area (Å²) in [5.41, 5.74) is 1.17. The van der Waals surface area contributed by atoms with Crippen molar-refractivity contribution in [1.29, 1.82) is 0 Å². The van der Waals surface area contributed by atoms with Crippen LogP contribution in [-0.2, 0) is 16.0 Å². The third kappa shape index (κ3) is 3.06. The number of nitrogens with zero attached hydrogens (tertiary/aromatic N) is 1. The Kier molecular flexibility index (Phi) is 3.92. The number of carbonyl (C=O) groups is 1. The summed E-state index contributed by atoms with van der Waals surface area (Å²) >= 11 is 0. The predicted octanol–water partition coefficient (Wildman–Crippen LogP) is 2.98. The molecule has 0 spiro atoms. The van der Waals surface area contributed by atoms with Gasteiger partial charge in [0.15, 0.2) is 0 Å². The zero-order valence-electron chi connectivity index (χ0n) is 10.7. The van der Waals surface area contributed by atoms with E-state index in [9.17, 15) is 4.79 Å². The topological polar surface area (TPSA) is 39.2 Å². The zero-order valence-corrected chi connectivity index (χ0v) is 10.7. The fraction of sp³-hybridized carbons (Fsp3) is 0.333. The Morgan fingerprint density at radius 2 is 2.11 bits per heavy atom. The molecule has 1 heterocycles. The number of benzene rings is 1. The lowest BCUT2D eigenvalue weighted by Gasteiger charge is -2.07. The summed E-state index contributed by atoms with van der Waals surface area (Å²) in [5, 5.41) is 2.29. The van der Waals surface area contributed by atoms with Crippen LogP contribution in [0, 0.1) is 5.92 Å². The molecule has 1 aromatic heterocycles. The second-order valence-corrected chi connectivity index (χ2v) is 4.63. The van der Waals surface area contributed by atoms with Crippen LogP contribution < -0.4 is 0 Å². The van der Waals surface area contributed by atoms with Crippen molar-refractivity contribution >= 4 is 16.7 Å². The second-order valence-electron chi connectivity index (χ2n) is 4.63. The molecule has 1 aromatic carbocycles. The quantitative estimate of drug-likeness (QED) is 0.775. The summed E-state index contributed by atoms with van der Waals surface area (Å²) in [7, 11) is 0. The van der Waals surface area contributed by atoms with E-state index in [4.69, 9.17) is 4.74 Å². The van der Waals surface area contributed by atoms with Crippen LogP contribution in [0.25, 0.3) is 10.8 Å². The Balaban J connectivity index is 1.98. The van der Waals surface area contributed by atoms with Gasteiger partial charge in [-0.2, -0.15) is 0 Å². The third-order valence-corrected chi connectivity index (χ3v) is 2.81. The minimum atomic E-state index is -0.139. The number of pyridine rings is 1. The largest absolute Gasteiger partial charge is 0.465 e. The molecule has 0 unspecified atom stereocenters. The van der Waals surface area contributed by atoms with Gasteiger partial charge in [-0.15, -0.1) is 0 Å². The van der Waals surface area contributed by atoms with E-state index in [1.54, 1.807) is 6.20 Å². The van der Waals surface area contributed by atoms with Crippen LogP contribution in [0.4, 0.5) is 0 Å². The molecule has 0 atom stereocenters. The van der Waals surface area contributed by atoms with E-state index in [0.29, 0.717) is 6.61 Å². The zero-order chi connectivity index (χ0) is 13.0. The summed E-state index contributed by atoms with van der Waals surface area (Å²) in [5.74, 6) is -0.201. The number of esters is 1. The molecule has 0 amide bonds. The van der Waals surface area contributed by atoms with Gasteiger partial charge in [-0.3, -0.25) is 9.78 Å². The molecule has 2 aromatic rings. The minimum absolute atomic E-state index is 0.0623. The number of fused-ring (bicyclic) bond motifs is 1. The van der Waals surface area contributed by atoms with Crippen molar-refractivity contribution in [2.75, 3.05) is 6.61 Å². The van der Waals surface area contributed by atoms with Crippen molar-refractivity contribution in [3.05, 3.63) is 42.2 Å². The number of hydrogen-bond donors (Lipinski definition) is 0. The average Bonchev–Trinajstić information content (AvgIpc) is 2.38. The van der Waals surface area contributed by atoms with Gasteiger partial charge in [0, 0.05) is 24.2 Å². The molecule has 0 fully saturated rings. The molecular weight excluding hydrogens is 226 g/mol. The molecule has 0 N–H and O–H groups in total. The number of rotatable bonds is 4. The first kappa shape index (κ1) is 12.6. The molecule has 94 valence electrons. The number of ether oxygens (including phenoxy) is 1. The van der Waals surface area contributed by atoms with Crippen LogP contribution in [0.5, 0.6) is 0 Å². The van der Waals surface area contributed by atoms with E-state index >= 15 is 0 Å². The smallest absolute Gasteiger partial charge is 0.308 e. The average molecular weight is 243 g/mol. The first-order valence-corrected chi connectivity index (χ1v) is 6.16. The van der Waals surface area contributed by atoms with E-state index in [0.717, 1.165) is 17.2 Å². The fourth-order valence-electron chi connectivity index (χ4n) is 1.72.